The van der Waals surface area contributed by atoms with Crippen LogP contribution in [-0.4, -0.2) is 23.6 Å². The summed E-state index contributed by atoms with van der Waals surface area (Å²) >= 11 is 0. The molecule has 0 radical (unpaired) electrons. The van der Waals surface area contributed by atoms with Gasteiger partial charge in [0.25, 0.3) is 0 Å². The van der Waals surface area contributed by atoms with E-state index in [1.807, 2.05) is 12.1 Å². The van der Waals surface area contributed by atoms with Gasteiger partial charge in [0.1, 0.15) is 0 Å². The van der Waals surface area contributed by atoms with Gasteiger partial charge in [-0.15, -0.1) is 24.8 Å². The van der Waals surface area contributed by atoms with Crippen molar-refractivity contribution < 1.29 is 4.74 Å². The van der Waals surface area contributed by atoms with E-state index in [-0.39, 0.29) is 30.9 Å². The van der Waals surface area contributed by atoms with Gasteiger partial charge in [-0.05, 0) is 23.3 Å². The summed E-state index contributed by atoms with van der Waals surface area (Å²) in [5.41, 5.74) is 7.04. The summed E-state index contributed by atoms with van der Waals surface area (Å²) in [4.78, 5) is 4.02. The Labute approximate surface area is 137 Å². The number of anilines is 1. The normalized spacial score (nSPS) is 17.1. The largest absolute Gasteiger partial charge is 0.375 e. The molecule has 0 aliphatic carbocycles. The molecule has 1 atom stereocenters. The molecule has 1 aromatic carbocycles. The van der Waals surface area contributed by atoms with E-state index in [4.69, 9.17) is 4.74 Å². The molecular formula is C15H19Cl2N3O. The second kappa shape index (κ2) is 8.20. The highest BCUT2D eigenvalue weighted by Crippen LogP contribution is 2.28. The third-order valence-corrected chi connectivity index (χ3v) is 3.40. The molecule has 1 N–H and O–H groups in total. The van der Waals surface area contributed by atoms with Crippen molar-refractivity contribution in [1.82, 2.24) is 9.99 Å². The molecule has 2 aromatic rings. The number of halogens is 2. The monoisotopic (exact) mass is 327 g/mol. The number of ether oxygens (including phenoxy) is 1. The summed E-state index contributed by atoms with van der Waals surface area (Å²) < 4.78 is 5.59. The molecule has 1 aromatic heterocycles. The first-order valence-corrected chi connectivity index (χ1v) is 6.39. The van der Waals surface area contributed by atoms with Gasteiger partial charge in [0, 0.05) is 32.6 Å². The van der Waals surface area contributed by atoms with Crippen molar-refractivity contribution in [2.24, 2.45) is 0 Å². The molecule has 0 amide bonds. The number of hydrogen-bond acceptors (Lipinski definition) is 4. The molecular weight excluding hydrogens is 309 g/mol. The van der Waals surface area contributed by atoms with Crippen molar-refractivity contribution in [3.8, 4) is 0 Å². The van der Waals surface area contributed by atoms with Crippen molar-refractivity contribution in [1.29, 1.82) is 0 Å². The van der Waals surface area contributed by atoms with Crippen LogP contribution in [-0.2, 0) is 11.3 Å². The van der Waals surface area contributed by atoms with Crippen LogP contribution in [0.15, 0.2) is 48.8 Å². The van der Waals surface area contributed by atoms with Gasteiger partial charge in [-0.2, -0.15) is 0 Å². The maximum Gasteiger partial charge on any atom is 0.0969 e. The minimum atomic E-state index is 0. The number of nitrogens with zero attached hydrogens (tertiary/aromatic N) is 2. The highest BCUT2D eigenvalue weighted by Gasteiger charge is 2.24. The molecule has 0 saturated carbocycles. The summed E-state index contributed by atoms with van der Waals surface area (Å²) in [5, 5.41) is 2.17. The Balaban J connectivity index is 0.00000110. The van der Waals surface area contributed by atoms with E-state index in [1.165, 1.54) is 11.1 Å². The van der Waals surface area contributed by atoms with Crippen molar-refractivity contribution in [2.75, 3.05) is 19.1 Å². The Morgan fingerprint density at radius 3 is 2.57 bits per heavy atom. The Bertz CT molecular complexity index is 554. The first-order valence-electron chi connectivity index (χ1n) is 6.39. The first-order chi connectivity index (χ1) is 9.36. The predicted molar refractivity (Wildman–Crippen MR) is 89.0 cm³/mol. The highest BCUT2D eigenvalue weighted by molar-refractivity contribution is 5.85. The third kappa shape index (κ3) is 4.08. The van der Waals surface area contributed by atoms with Crippen LogP contribution in [0.2, 0.25) is 0 Å². The lowest BCUT2D eigenvalue weighted by atomic mass is 9.98. The SMILES string of the molecule is COC1CN(Nc2ccncc2)Cc2ccccc21.Cl.Cl. The fraction of sp³-hybridized carbons (Fsp3) is 0.267. The Morgan fingerprint density at radius 1 is 1.14 bits per heavy atom. The smallest absolute Gasteiger partial charge is 0.0969 e. The van der Waals surface area contributed by atoms with Gasteiger partial charge in [-0.25, -0.2) is 5.01 Å². The number of hydrogen-bond donors (Lipinski definition) is 1. The van der Waals surface area contributed by atoms with Crippen LogP contribution in [0.1, 0.15) is 17.2 Å². The van der Waals surface area contributed by atoms with Gasteiger partial charge >= 0.3 is 0 Å². The number of methoxy groups -OCH3 is 1. The van der Waals surface area contributed by atoms with E-state index in [1.54, 1.807) is 19.5 Å². The topological polar surface area (TPSA) is 37.4 Å². The van der Waals surface area contributed by atoms with Crippen LogP contribution in [0.3, 0.4) is 0 Å². The average molecular weight is 328 g/mol. The second-order valence-electron chi connectivity index (χ2n) is 4.65. The number of fused-ring (bicyclic) bond motifs is 1. The minimum Gasteiger partial charge on any atom is -0.375 e. The number of aromatic nitrogens is 1. The highest BCUT2D eigenvalue weighted by atomic mass is 35.5. The summed E-state index contributed by atoms with van der Waals surface area (Å²) in [6.45, 7) is 1.70. The number of rotatable bonds is 3. The molecule has 21 heavy (non-hydrogen) atoms. The molecule has 4 nitrogen and oxygen atoms in total. The zero-order valence-corrected chi connectivity index (χ0v) is 13.4. The van der Waals surface area contributed by atoms with Crippen LogP contribution in [0.4, 0.5) is 5.69 Å². The van der Waals surface area contributed by atoms with E-state index >= 15 is 0 Å². The third-order valence-electron chi connectivity index (χ3n) is 3.40. The van der Waals surface area contributed by atoms with E-state index in [9.17, 15) is 0 Å². The molecule has 1 aliphatic rings. The van der Waals surface area contributed by atoms with E-state index in [0.29, 0.717) is 0 Å². The van der Waals surface area contributed by atoms with Crippen molar-refractivity contribution in [2.45, 2.75) is 12.6 Å². The number of benzene rings is 1. The lowest BCUT2D eigenvalue weighted by Gasteiger charge is -2.34. The summed E-state index contributed by atoms with van der Waals surface area (Å²) in [6, 6.07) is 12.4. The van der Waals surface area contributed by atoms with Gasteiger partial charge in [-0.1, -0.05) is 24.3 Å². The Kier molecular flexibility index (Phi) is 6.92. The first kappa shape index (κ1) is 17.7. The summed E-state index contributed by atoms with van der Waals surface area (Å²) in [7, 11) is 1.76. The molecule has 1 aliphatic heterocycles. The standard InChI is InChI=1S/C15H17N3O.2ClH/c1-19-15-11-18(17-13-6-8-16-9-7-13)10-12-4-2-3-5-14(12)15;;/h2-9,15H,10-11H2,1H3,(H,16,17);2*1H. The minimum absolute atomic E-state index is 0. The van der Waals surface area contributed by atoms with E-state index in [2.05, 4.69) is 39.7 Å². The molecule has 0 bridgehead atoms. The number of nitrogens with one attached hydrogen (secondary N) is 1. The zero-order valence-electron chi connectivity index (χ0n) is 11.7. The fourth-order valence-corrected chi connectivity index (χ4v) is 2.46. The van der Waals surface area contributed by atoms with Crippen LogP contribution in [0.5, 0.6) is 0 Å². The fourth-order valence-electron chi connectivity index (χ4n) is 2.46. The number of hydrazine groups is 1. The molecule has 0 saturated heterocycles. The quantitative estimate of drug-likeness (QED) is 0.936. The van der Waals surface area contributed by atoms with Crippen LogP contribution in [0.25, 0.3) is 0 Å². The van der Waals surface area contributed by atoms with Gasteiger partial charge < -0.3 is 10.2 Å². The van der Waals surface area contributed by atoms with E-state index in [0.717, 1.165) is 18.8 Å². The van der Waals surface area contributed by atoms with Crippen molar-refractivity contribution in [3.05, 3.63) is 59.9 Å². The van der Waals surface area contributed by atoms with Gasteiger partial charge in [0.05, 0.1) is 11.8 Å². The van der Waals surface area contributed by atoms with Crippen molar-refractivity contribution >= 4 is 30.5 Å². The summed E-state index contributed by atoms with van der Waals surface area (Å²) in [5.74, 6) is 0. The molecule has 0 spiro atoms. The van der Waals surface area contributed by atoms with E-state index < -0.39 is 0 Å². The van der Waals surface area contributed by atoms with Gasteiger partial charge in [-0.3, -0.25) is 4.98 Å². The average Bonchev–Trinajstić information content (AvgIpc) is 2.47. The van der Waals surface area contributed by atoms with Crippen molar-refractivity contribution in [3.63, 3.8) is 0 Å². The zero-order chi connectivity index (χ0) is 13.1. The van der Waals surface area contributed by atoms with Crippen LogP contribution >= 0.6 is 24.8 Å². The second-order valence-corrected chi connectivity index (χ2v) is 4.65. The lowest BCUT2D eigenvalue weighted by molar-refractivity contribution is 0.0573. The Morgan fingerprint density at radius 2 is 1.86 bits per heavy atom. The maximum absolute atomic E-state index is 5.59. The molecule has 1 unspecified atom stereocenters. The van der Waals surface area contributed by atoms with Gasteiger partial charge in [0.15, 0.2) is 0 Å². The molecule has 114 valence electrons. The molecule has 6 heteroatoms. The molecule has 2 heterocycles. The number of pyridine rings is 1. The molecule has 3 rings (SSSR count). The lowest BCUT2D eigenvalue weighted by Crippen LogP contribution is -2.38. The predicted octanol–water partition coefficient (Wildman–Crippen LogP) is 3.46. The Hall–Kier alpha value is -1.33. The molecule has 0 fully saturated rings. The van der Waals surface area contributed by atoms with Crippen LogP contribution in [0, 0.1) is 0 Å². The maximum atomic E-state index is 5.59. The summed E-state index contributed by atoms with van der Waals surface area (Å²) in [6.07, 6.45) is 3.68. The van der Waals surface area contributed by atoms with Crippen LogP contribution < -0.4 is 5.43 Å². The van der Waals surface area contributed by atoms with Gasteiger partial charge in [0.2, 0.25) is 0 Å².